The Hall–Kier alpha value is -0.800. The summed E-state index contributed by atoms with van der Waals surface area (Å²) in [6.07, 6.45) is 1.71. The van der Waals surface area contributed by atoms with Crippen LogP contribution in [0.3, 0.4) is 0 Å². The maximum absolute atomic E-state index is 11.0. The van der Waals surface area contributed by atoms with Crippen LogP contribution in [0.1, 0.15) is 6.42 Å². The van der Waals surface area contributed by atoms with Gasteiger partial charge in [0.15, 0.2) is 0 Å². The molecule has 7 nitrogen and oxygen atoms in total. The second kappa shape index (κ2) is 19.2. The van der Waals surface area contributed by atoms with Crippen LogP contribution in [0.4, 0.5) is 0 Å². The molecule has 0 bridgehead atoms. The Labute approximate surface area is 143 Å². The zero-order chi connectivity index (χ0) is 17.0. The molecular formula is C15H28O7S. The fraction of sp³-hybridized carbons (Fsp3) is 0.800. The molecule has 0 N–H and O–H groups in total. The monoisotopic (exact) mass is 352 g/mol. The van der Waals surface area contributed by atoms with E-state index in [1.807, 2.05) is 0 Å². The summed E-state index contributed by atoms with van der Waals surface area (Å²) in [6, 6.07) is 0. The van der Waals surface area contributed by atoms with Crippen LogP contribution in [0.2, 0.25) is 0 Å². The Morgan fingerprint density at radius 1 is 0.783 bits per heavy atom. The topological polar surface area (TPSA) is 72.5 Å². The summed E-state index contributed by atoms with van der Waals surface area (Å²) in [6.45, 7) is 8.06. The predicted molar refractivity (Wildman–Crippen MR) is 88.9 cm³/mol. The first kappa shape index (κ1) is 22.2. The number of esters is 1. The van der Waals surface area contributed by atoms with Crippen molar-refractivity contribution in [3.63, 3.8) is 0 Å². The van der Waals surface area contributed by atoms with Crippen LogP contribution >= 0.6 is 12.6 Å². The maximum Gasteiger partial charge on any atom is 0.306 e. The van der Waals surface area contributed by atoms with E-state index in [1.54, 1.807) is 0 Å². The first-order valence-electron chi connectivity index (χ1n) is 7.61. The van der Waals surface area contributed by atoms with E-state index < -0.39 is 0 Å². The molecule has 0 spiro atoms. The summed E-state index contributed by atoms with van der Waals surface area (Å²) < 4.78 is 30.9. The third-order valence-electron chi connectivity index (χ3n) is 2.39. The van der Waals surface area contributed by atoms with Crippen LogP contribution in [0.15, 0.2) is 12.8 Å². The number of thiol groups is 1. The highest BCUT2D eigenvalue weighted by molar-refractivity contribution is 7.80. The molecule has 0 heterocycles. The lowest BCUT2D eigenvalue weighted by molar-refractivity contribution is -0.144. The summed E-state index contributed by atoms with van der Waals surface area (Å²) in [5, 5.41) is 0. The summed E-state index contributed by atoms with van der Waals surface area (Å²) >= 11 is 3.94. The molecule has 0 fully saturated rings. The van der Waals surface area contributed by atoms with E-state index in [0.717, 1.165) is 0 Å². The van der Waals surface area contributed by atoms with E-state index in [4.69, 9.17) is 28.4 Å². The molecule has 0 amide bonds. The van der Waals surface area contributed by atoms with Crippen molar-refractivity contribution in [2.24, 2.45) is 0 Å². The van der Waals surface area contributed by atoms with Gasteiger partial charge in [0, 0.05) is 5.75 Å². The Bertz CT molecular complexity index is 277. The summed E-state index contributed by atoms with van der Waals surface area (Å²) in [7, 11) is 0. The highest BCUT2D eigenvalue weighted by Gasteiger charge is 1.99. The Balaban J connectivity index is 3.02. The molecule has 23 heavy (non-hydrogen) atoms. The molecule has 0 aliphatic rings. The van der Waals surface area contributed by atoms with Gasteiger partial charge < -0.3 is 28.4 Å². The van der Waals surface area contributed by atoms with Gasteiger partial charge in [0.2, 0.25) is 0 Å². The van der Waals surface area contributed by atoms with Crippen molar-refractivity contribution in [3.8, 4) is 0 Å². The fourth-order valence-electron chi connectivity index (χ4n) is 1.33. The fourth-order valence-corrected chi connectivity index (χ4v) is 1.51. The second-order valence-corrected chi connectivity index (χ2v) is 4.63. The average Bonchev–Trinajstić information content (AvgIpc) is 2.54. The van der Waals surface area contributed by atoms with Crippen molar-refractivity contribution in [1.29, 1.82) is 0 Å². The molecule has 8 heteroatoms. The van der Waals surface area contributed by atoms with Crippen molar-refractivity contribution in [3.05, 3.63) is 12.8 Å². The third-order valence-corrected chi connectivity index (χ3v) is 2.61. The van der Waals surface area contributed by atoms with Crippen LogP contribution in [0, 0.1) is 0 Å². The Kier molecular flexibility index (Phi) is 18.6. The minimum Gasteiger partial charge on any atom is -0.499 e. The zero-order valence-corrected chi connectivity index (χ0v) is 14.5. The first-order chi connectivity index (χ1) is 11.3. The summed E-state index contributed by atoms with van der Waals surface area (Å²) in [5.41, 5.74) is 0. The lowest BCUT2D eigenvalue weighted by atomic mass is 10.5. The van der Waals surface area contributed by atoms with Crippen LogP contribution in [0.25, 0.3) is 0 Å². The van der Waals surface area contributed by atoms with E-state index >= 15 is 0 Å². The van der Waals surface area contributed by atoms with E-state index in [9.17, 15) is 4.79 Å². The highest BCUT2D eigenvalue weighted by Crippen LogP contribution is 1.89. The van der Waals surface area contributed by atoms with Gasteiger partial charge in [-0.15, -0.1) is 0 Å². The smallest absolute Gasteiger partial charge is 0.306 e. The van der Waals surface area contributed by atoms with Crippen LogP contribution in [-0.2, 0) is 33.2 Å². The number of carbonyl (C=O) groups excluding carboxylic acids is 1. The maximum atomic E-state index is 11.0. The normalized spacial score (nSPS) is 10.5. The quantitative estimate of drug-likeness (QED) is 0.171. The standard InChI is InChI=1S/C15H28O7S/c1-2-17-4-5-18-6-7-19-8-9-20-10-11-21-12-13-22-15(16)3-14-23/h2,23H,1,3-14H2. The van der Waals surface area contributed by atoms with E-state index in [-0.39, 0.29) is 12.6 Å². The number of carbonyl (C=O) groups is 1. The molecule has 0 unspecified atom stereocenters. The van der Waals surface area contributed by atoms with Crippen molar-refractivity contribution in [2.75, 3.05) is 71.8 Å². The number of rotatable bonds is 18. The van der Waals surface area contributed by atoms with Gasteiger partial charge in [-0.05, 0) is 0 Å². The summed E-state index contributed by atoms with van der Waals surface area (Å²) in [4.78, 5) is 11.0. The SMILES string of the molecule is C=COCCOCCOCCOCCOCCOC(=O)CCS. The molecule has 0 aliphatic carbocycles. The number of hydrogen-bond acceptors (Lipinski definition) is 8. The molecule has 0 rings (SSSR count). The average molecular weight is 352 g/mol. The van der Waals surface area contributed by atoms with E-state index in [2.05, 4.69) is 19.2 Å². The van der Waals surface area contributed by atoms with E-state index in [0.29, 0.717) is 71.6 Å². The van der Waals surface area contributed by atoms with Gasteiger partial charge in [-0.1, -0.05) is 6.58 Å². The van der Waals surface area contributed by atoms with Gasteiger partial charge in [0.05, 0.1) is 65.5 Å². The van der Waals surface area contributed by atoms with Crippen molar-refractivity contribution < 1.29 is 33.2 Å². The van der Waals surface area contributed by atoms with Gasteiger partial charge >= 0.3 is 5.97 Å². The van der Waals surface area contributed by atoms with Crippen LogP contribution in [-0.4, -0.2) is 77.8 Å². The van der Waals surface area contributed by atoms with Crippen LogP contribution < -0.4 is 0 Å². The van der Waals surface area contributed by atoms with Gasteiger partial charge in [-0.3, -0.25) is 4.79 Å². The predicted octanol–water partition coefficient (Wildman–Crippen LogP) is 1.08. The Morgan fingerprint density at radius 3 is 1.65 bits per heavy atom. The zero-order valence-electron chi connectivity index (χ0n) is 13.6. The molecule has 0 saturated heterocycles. The van der Waals surface area contributed by atoms with Crippen molar-refractivity contribution in [1.82, 2.24) is 0 Å². The van der Waals surface area contributed by atoms with Gasteiger partial charge in [-0.2, -0.15) is 12.6 Å². The molecule has 0 atom stereocenters. The molecular weight excluding hydrogens is 324 g/mol. The molecule has 0 saturated carbocycles. The van der Waals surface area contributed by atoms with Crippen molar-refractivity contribution in [2.45, 2.75) is 6.42 Å². The van der Waals surface area contributed by atoms with E-state index in [1.165, 1.54) is 6.26 Å². The van der Waals surface area contributed by atoms with Gasteiger partial charge in [0.1, 0.15) is 13.2 Å². The number of ether oxygens (including phenoxy) is 6. The molecule has 0 radical (unpaired) electrons. The largest absolute Gasteiger partial charge is 0.499 e. The van der Waals surface area contributed by atoms with Gasteiger partial charge in [-0.25, -0.2) is 0 Å². The lowest BCUT2D eigenvalue weighted by Gasteiger charge is -2.08. The second-order valence-electron chi connectivity index (χ2n) is 4.18. The molecule has 0 aromatic rings. The van der Waals surface area contributed by atoms with Gasteiger partial charge in [0.25, 0.3) is 0 Å². The number of hydrogen-bond donors (Lipinski definition) is 1. The summed E-state index contributed by atoms with van der Waals surface area (Å²) in [5.74, 6) is 0.236. The minimum absolute atomic E-state index is 0.255. The lowest BCUT2D eigenvalue weighted by Crippen LogP contribution is -2.15. The first-order valence-corrected chi connectivity index (χ1v) is 8.24. The Morgan fingerprint density at radius 2 is 1.22 bits per heavy atom. The highest BCUT2D eigenvalue weighted by atomic mass is 32.1. The molecule has 0 aliphatic heterocycles. The third kappa shape index (κ3) is 19.2. The molecule has 0 aromatic heterocycles. The van der Waals surface area contributed by atoms with Crippen LogP contribution in [0.5, 0.6) is 0 Å². The molecule has 0 aromatic carbocycles. The molecule has 136 valence electrons. The minimum atomic E-state index is -0.255. The van der Waals surface area contributed by atoms with Crippen molar-refractivity contribution >= 4 is 18.6 Å².